The molecule has 0 amide bonds. The van der Waals surface area contributed by atoms with E-state index in [0.717, 1.165) is 5.82 Å². The van der Waals surface area contributed by atoms with Gasteiger partial charge in [0.25, 0.3) is 0 Å². The summed E-state index contributed by atoms with van der Waals surface area (Å²) in [6.45, 7) is 8.88. The Balaban J connectivity index is 1.65. The molecule has 0 radical (unpaired) electrons. The molecule has 1 aromatic carbocycles. The Kier molecular flexibility index (Phi) is 6.17. The minimum absolute atomic E-state index is 0.265. The summed E-state index contributed by atoms with van der Waals surface area (Å²) >= 11 is 11.3. The molecule has 0 unspecified atom stereocenters. The lowest BCUT2D eigenvalue weighted by molar-refractivity contribution is 0.144. The van der Waals surface area contributed by atoms with Crippen molar-refractivity contribution in [2.24, 2.45) is 0 Å². The number of benzene rings is 1. The molecule has 1 fully saturated rings. The van der Waals surface area contributed by atoms with E-state index in [-0.39, 0.29) is 4.90 Å². The second kappa shape index (κ2) is 8.24. The summed E-state index contributed by atoms with van der Waals surface area (Å²) < 4.78 is 31.4. The number of piperazine rings is 1. The van der Waals surface area contributed by atoms with Crippen LogP contribution in [-0.4, -0.2) is 58.1 Å². The molecule has 1 saturated heterocycles. The van der Waals surface area contributed by atoms with E-state index in [0.29, 0.717) is 49.2 Å². The topological polar surface area (TPSA) is 63.4 Å². The van der Waals surface area contributed by atoms with Gasteiger partial charge in [-0.1, -0.05) is 17.7 Å². The lowest BCUT2D eigenvalue weighted by Gasteiger charge is -2.33. The van der Waals surface area contributed by atoms with Crippen LogP contribution in [0.2, 0.25) is 5.02 Å². The number of allylic oxidation sites excluding steroid dienone is 1. The molecule has 7 nitrogen and oxygen atoms in total. The lowest BCUT2D eigenvalue weighted by Crippen LogP contribution is -2.48. The van der Waals surface area contributed by atoms with Crippen molar-refractivity contribution in [2.75, 3.05) is 26.2 Å². The van der Waals surface area contributed by atoms with E-state index >= 15 is 0 Å². The molecule has 0 aliphatic carbocycles. The molecule has 1 aromatic heterocycles. The van der Waals surface area contributed by atoms with Crippen molar-refractivity contribution in [3.8, 4) is 0 Å². The predicted octanol–water partition coefficient (Wildman–Crippen LogP) is 2.53. The first-order valence-electron chi connectivity index (χ1n) is 8.56. The minimum atomic E-state index is -3.50. The van der Waals surface area contributed by atoms with Crippen LogP contribution in [0, 0.1) is 11.7 Å². The van der Waals surface area contributed by atoms with E-state index in [4.69, 9.17) is 23.8 Å². The Hall–Kier alpha value is -1.52. The van der Waals surface area contributed by atoms with Crippen molar-refractivity contribution in [3.05, 3.63) is 52.5 Å². The van der Waals surface area contributed by atoms with Crippen molar-refractivity contribution in [1.82, 2.24) is 23.6 Å². The average molecular weight is 428 g/mol. The highest BCUT2D eigenvalue weighted by molar-refractivity contribution is 7.89. The molecule has 0 N–H and O–H groups in total. The molecular weight excluding hydrogens is 406 g/mol. The highest BCUT2D eigenvalue weighted by atomic mass is 35.5. The smallest absolute Gasteiger partial charge is 0.243 e. The van der Waals surface area contributed by atoms with Gasteiger partial charge >= 0.3 is 0 Å². The Morgan fingerprint density at radius 1 is 1.22 bits per heavy atom. The van der Waals surface area contributed by atoms with Gasteiger partial charge in [0.15, 0.2) is 4.77 Å². The van der Waals surface area contributed by atoms with Crippen LogP contribution in [0.5, 0.6) is 0 Å². The van der Waals surface area contributed by atoms with Gasteiger partial charge in [-0.15, -0.1) is 6.58 Å². The quantitative estimate of drug-likeness (QED) is 0.523. The fourth-order valence-electron chi connectivity index (χ4n) is 3.04. The number of hydrogen-bond donors (Lipinski definition) is 0. The second-order valence-electron chi connectivity index (χ2n) is 6.35. The molecule has 0 atom stereocenters. The van der Waals surface area contributed by atoms with Gasteiger partial charge in [0.1, 0.15) is 5.82 Å². The maximum atomic E-state index is 12.8. The molecule has 2 heterocycles. The molecule has 1 aliphatic heterocycles. The lowest BCUT2D eigenvalue weighted by atomic mass is 10.4. The standard InChI is InChI=1S/C17H22ClN5O2S2/c1-3-8-22-14(2)19-23(17(22)26)13-20-9-11-21(12-10-20)27(24,25)16-6-4-15(18)5-7-16/h3-7H,1,8-13H2,2H3. The van der Waals surface area contributed by atoms with E-state index in [9.17, 15) is 8.42 Å². The van der Waals surface area contributed by atoms with Gasteiger partial charge in [-0.05, 0) is 43.4 Å². The number of hydrogen-bond acceptors (Lipinski definition) is 5. The summed E-state index contributed by atoms with van der Waals surface area (Å²) in [6.07, 6.45) is 1.79. The van der Waals surface area contributed by atoms with Gasteiger partial charge in [-0.2, -0.15) is 9.40 Å². The number of aryl methyl sites for hydroxylation is 1. The first kappa shape index (κ1) is 20.2. The third-order valence-corrected chi connectivity index (χ3v) is 7.13. The average Bonchev–Trinajstić information content (AvgIpc) is 2.90. The summed E-state index contributed by atoms with van der Waals surface area (Å²) in [6, 6.07) is 6.26. The Morgan fingerprint density at radius 3 is 2.44 bits per heavy atom. The zero-order valence-electron chi connectivity index (χ0n) is 15.1. The number of nitrogens with zero attached hydrogens (tertiary/aromatic N) is 5. The van der Waals surface area contributed by atoms with Crippen molar-refractivity contribution in [1.29, 1.82) is 0 Å². The minimum Gasteiger partial charge on any atom is -0.300 e. The SMILES string of the molecule is C=CCn1c(C)nn(CN2CCN(S(=O)(=O)c3ccc(Cl)cc3)CC2)c1=S. The van der Waals surface area contributed by atoms with E-state index < -0.39 is 10.0 Å². The molecule has 1 aliphatic rings. The molecule has 2 aromatic rings. The van der Waals surface area contributed by atoms with Crippen LogP contribution >= 0.6 is 23.8 Å². The summed E-state index contributed by atoms with van der Waals surface area (Å²) in [4.78, 5) is 2.41. The monoisotopic (exact) mass is 427 g/mol. The number of halogens is 1. The van der Waals surface area contributed by atoms with Crippen LogP contribution in [-0.2, 0) is 23.2 Å². The van der Waals surface area contributed by atoms with E-state index in [1.165, 1.54) is 4.31 Å². The van der Waals surface area contributed by atoms with Gasteiger partial charge in [0.05, 0.1) is 11.6 Å². The van der Waals surface area contributed by atoms with Crippen LogP contribution in [0.3, 0.4) is 0 Å². The summed E-state index contributed by atoms with van der Waals surface area (Å²) in [5.41, 5.74) is 0. The molecular formula is C17H22ClN5O2S2. The number of sulfonamides is 1. The van der Waals surface area contributed by atoms with Crippen molar-refractivity contribution in [3.63, 3.8) is 0 Å². The normalized spacial score (nSPS) is 16.5. The van der Waals surface area contributed by atoms with Crippen LogP contribution < -0.4 is 0 Å². The van der Waals surface area contributed by atoms with Gasteiger partial charge in [0, 0.05) is 37.7 Å². The van der Waals surface area contributed by atoms with E-state index in [2.05, 4.69) is 16.6 Å². The van der Waals surface area contributed by atoms with E-state index in [1.54, 1.807) is 35.0 Å². The third kappa shape index (κ3) is 4.33. The maximum absolute atomic E-state index is 12.8. The highest BCUT2D eigenvalue weighted by Crippen LogP contribution is 2.20. The molecule has 3 rings (SSSR count). The number of aromatic nitrogens is 3. The largest absolute Gasteiger partial charge is 0.300 e. The van der Waals surface area contributed by atoms with Crippen molar-refractivity contribution >= 4 is 33.8 Å². The summed E-state index contributed by atoms with van der Waals surface area (Å²) in [7, 11) is -3.50. The van der Waals surface area contributed by atoms with Crippen LogP contribution in [0.1, 0.15) is 5.82 Å². The zero-order chi connectivity index (χ0) is 19.6. The third-order valence-electron chi connectivity index (χ3n) is 4.54. The van der Waals surface area contributed by atoms with Crippen molar-refractivity contribution in [2.45, 2.75) is 25.0 Å². The fourth-order valence-corrected chi connectivity index (χ4v) is 4.89. The Labute approximate surface area is 169 Å². The molecule has 0 saturated carbocycles. The predicted molar refractivity (Wildman–Crippen MR) is 108 cm³/mol. The Morgan fingerprint density at radius 2 is 1.85 bits per heavy atom. The van der Waals surface area contributed by atoms with Crippen LogP contribution in [0.15, 0.2) is 41.8 Å². The second-order valence-corrected chi connectivity index (χ2v) is 9.09. The molecule has 0 bridgehead atoms. The van der Waals surface area contributed by atoms with E-state index in [1.807, 2.05) is 11.5 Å². The first-order valence-corrected chi connectivity index (χ1v) is 10.8. The van der Waals surface area contributed by atoms with Gasteiger partial charge in [-0.3, -0.25) is 4.90 Å². The van der Waals surface area contributed by atoms with Crippen molar-refractivity contribution < 1.29 is 8.42 Å². The van der Waals surface area contributed by atoms with Gasteiger partial charge < -0.3 is 4.57 Å². The molecule has 27 heavy (non-hydrogen) atoms. The van der Waals surface area contributed by atoms with Gasteiger partial charge in [0.2, 0.25) is 10.0 Å². The fraction of sp³-hybridized carbons (Fsp3) is 0.412. The zero-order valence-corrected chi connectivity index (χ0v) is 17.5. The molecule has 10 heteroatoms. The maximum Gasteiger partial charge on any atom is 0.243 e. The van der Waals surface area contributed by atoms with Crippen LogP contribution in [0.25, 0.3) is 0 Å². The van der Waals surface area contributed by atoms with Crippen LogP contribution in [0.4, 0.5) is 0 Å². The van der Waals surface area contributed by atoms with Gasteiger partial charge in [-0.25, -0.2) is 13.1 Å². The molecule has 146 valence electrons. The Bertz CT molecular complexity index is 974. The highest BCUT2D eigenvalue weighted by Gasteiger charge is 2.28. The number of rotatable bonds is 6. The molecule has 0 spiro atoms. The summed E-state index contributed by atoms with van der Waals surface area (Å²) in [5.74, 6) is 0.837. The first-order chi connectivity index (χ1) is 12.8. The summed E-state index contributed by atoms with van der Waals surface area (Å²) in [5, 5.41) is 5.00.